The molecule has 1 amide bonds. The van der Waals surface area contributed by atoms with E-state index in [2.05, 4.69) is 40.8 Å². The Bertz CT molecular complexity index is 847. The van der Waals surface area contributed by atoms with E-state index in [1.54, 1.807) is 0 Å². The average Bonchev–Trinajstić information content (AvgIpc) is 2.90. The average molecular weight is 322 g/mol. The Balaban J connectivity index is 1.62. The fraction of sp³-hybridized carbons (Fsp3) is 0.300. The summed E-state index contributed by atoms with van der Waals surface area (Å²) in [5.41, 5.74) is 3.01. The third-order valence-corrected chi connectivity index (χ3v) is 4.43. The van der Waals surface area contributed by atoms with E-state index in [0.717, 1.165) is 22.6 Å². The lowest BCUT2D eigenvalue weighted by Crippen LogP contribution is -2.26. The molecular weight excluding hydrogens is 300 g/mol. The van der Waals surface area contributed by atoms with Crippen LogP contribution in [0.3, 0.4) is 0 Å². The molecule has 0 aliphatic carbocycles. The van der Waals surface area contributed by atoms with E-state index >= 15 is 0 Å². The molecule has 2 aromatic carbocycles. The number of nitrogens with zero attached hydrogens (tertiary/aromatic N) is 1. The molecule has 0 bridgehead atoms. The highest BCUT2D eigenvalue weighted by molar-refractivity contribution is 5.83. The summed E-state index contributed by atoms with van der Waals surface area (Å²) in [6, 6.07) is 14.5. The molecule has 0 radical (unpaired) electrons. The first-order valence-electron chi connectivity index (χ1n) is 8.24. The van der Waals surface area contributed by atoms with Gasteiger partial charge in [0.05, 0.1) is 11.7 Å². The second-order valence-corrected chi connectivity index (χ2v) is 6.20. The second-order valence-electron chi connectivity index (χ2n) is 6.20. The molecule has 1 atom stereocenters. The molecule has 124 valence electrons. The summed E-state index contributed by atoms with van der Waals surface area (Å²) < 4.78 is 5.14. The Morgan fingerprint density at radius 1 is 1.17 bits per heavy atom. The van der Waals surface area contributed by atoms with Crippen LogP contribution in [0.15, 0.2) is 47.0 Å². The van der Waals surface area contributed by atoms with Crippen molar-refractivity contribution in [1.82, 2.24) is 10.5 Å². The molecule has 1 heterocycles. The molecule has 0 fully saturated rings. The van der Waals surface area contributed by atoms with Crippen LogP contribution in [0.25, 0.3) is 10.8 Å². The maximum atomic E-state index is 12.2. The summed E-state index contributed by atoms with van der Waals surface area (Å²) in [7, 11) is 0. The molecule has 3 rings (SSSR count). The van der Waals surface area contributed by atoms with E-state index in [9.17, 15) is 4.79 Å². The van der Waals surface area contributed by atoms with Crippen LogP contribution in [0.5, 0.6) is 0 Å². The van der Waals surface area contributed by atoms with Gasteiger partial charge >= 0.3 is 0 Å². The zero-order valence-electron chi connectivity index (χ0n) is 14.3. The van der Waals surface area contributed by atoms with Crippen LogP contribution >= 0.6 is 0 Å². The van der Waals surface area contributed by atoms with Crippen LogP contribution in [0.4, 0.5) is 0 Å². The smallest absolute Gasteiger partial charge is 0.220 e. The van der Waals surface area contributed by atoms with Crippen molar-refractivity contribution in [3.63, 3.8) is 0 Å². The van der Waals surface area contributed by atoms with Crippen LogP contribution < -0.4 is 5.32 Å². The SMILES string of the molecule is Cc1noc(C)c1CCC(=O)NC(C)c1ccc2ccccc2c1. The van der Waals surface area contributed by atoms with Gasteiger partial charge in [0, 0.05) is 12.0 Å². The number of hydrogen-bond donors (Lipinski definition) is 1. The monoisotopic (exact) mass is 322 g/mol. The molecule has 1 N–H and O–H groups in total. The standard InChI is InChI=1S/C20H22N2O2/c1-13(17-9-8-16-6-4-5-7-18(16)12-17)21-20(23)11-10-19-14(2)22-24-15(19)3/h4-9,12-13H,10-11H2,1-3H3,(H,21,23). The van der Waals surface area contributed by atoms with E-state index < -0.39 is 0 Å². The number of amides is 1. The fourth-order valence-electron chi connectivity index (χ4n) is 2.97. The summed E-state index contributed by atoms with van der Waals surface area (Å²) >= 11 is 0. The summed E-state index contributed by atoms with van der Waals surface area (Å²) in [5.74, 6) is 0.832. The van der Waals surface area contributed by atoms with Crippen molar-refractivity contribution in [2.75, 3.05) is 0 Å². The van der Waals surface area contributed by atoms with Gasteiger partial charge in [-0.2, -0.15) is 0 Å². The lowest BCUT2D eigenvalue weighted by molar-refractivity contribution is -0.121. The van der Waals surface area contributed by atoms with Crippen LogP contribution in [0.2, 0.25) is 0 Å². The Labute approximate surface area is 141 Å². The van der Waals surface area contributed by atoms with Gasteiger partial charge in [-0.05, 0) is 49.6 Å². The molecule has 0 saturated carbocycles. The minimum Gasteiger partial charge on any atom is -0.361 e. The quantitative estimate of drug-likeness (QED) is 0.764. The number of aromatic nitrogens is 1. The molecule has 24 heavy (non-hydrogen) atoms. The second kappa shape index (κ2) is 6.87. The van der Waals surface area contributed by atoms with Crippen molar-refractivity contribution in [3.05, 3.63) is 65.0 Å². The predicted molar refractivity (Wildman–Crippen MR) is 94.8 cm³/mol. The molecule has 0 aliphatic rings. The van der Waals surface area contributed by atoms with Gasteiger partial charge in [0.1, 0.15) is 5.76 Å². The summed E-state index contributed by atoms with van der Waals surface area (Å²) in [6.07, 6.45) is 1.08. The highest BCUT2D eigenvalue weighted by Gasteiger charge is 2.13. The van der Waals surface area contributed by atoms with Crippen molar-refractivity contribution >= 4 is 16.7 Å². The topological polar surface area (TPSA) is 55.1 Å². The van der Waals surface area contributed by atoms with Crippen LogP contribution in [0.1, 0.15) is 42.0 Å². The van der Waals surface area contributed by atoms with Crippen LogP contribution in [-0.4, -0.2) is 11.1 Å². The predicted octanol–water partition coefficient (Wildman–Crippen LogP) is 4.25. The number of rotatable bonds is 5. The summed E-state index contributed by atoms with van der Waals surface area (Å²) in [5, 5.41) is 9.39. The summed E-state index contributed by atoms with van der Waals surface area (Å²) in [4.78, 5) is 12.2. The maximum Gasteiger partial charge on any atom is 0.220 e. The molecule has 4 heteroatoms. The molecule has 4 nitrogen and oxygen atoms in total. The molecule has 3 aromatic rings. The van der Waals surface area contributed by atoms with Crippen molar-refractivity contribution < 1.29 is 9.32 Å². The number of hydrogen-bond acceptors (Lipinski definition) is 3. The summed E-state index contributed by atoms with van der Waals surface area (Å²) in [6.45, 7) is 5.80. The molecular formula is C20H22N2O2. The zero-order chi connectivity index (χ0) is 17.1. The normalized spacial score (nSPS) is 12.3. The van der Waals surface area contributed by atoms with Crippen molar-refractivity contribution in [1.29, 1.82) is 0 Å². The molecule has 0 spiro atoms. The lowest BCUT2D eigenvalue weighted by Gasteiger charge is -2.15. The van der Waals surface area contributed by atoms with E-state index in [1.807, 2.05) is 32.9 Å². The highest BCUT2D eigenvalue weighted by Crippen LogP contribution is 2.20. The van der Waals surface area contributed by atoms with E-state index in [1.165, 1.54) is 10.8 Å². The largest absolute Gasteiger partial charge is 0.361 e. The number of carbonyl (C=O) groups is 1. The highest BCUT2D eigenvalue weighted by atomic mass is 16.5. The molecule has 0 aliphatic heterocycles. The number of nitrogens with one attached hydrogen (secondary N) is 1. The van der Waals surface area contributed by atoms with Crippen LogP contribution in [0, 0.1) is 13.8 Å². The van der Waals surface area contributed by atoms with Crippen molar-refractivity contribution in [2.45, 2.75) is 39.7 Å². The van der Waals surface area contributed by atoms with E-state index in [-0.39, 0.29) is 11.9 Å². The minimum absolute atomic E-state index is 0.0215. The Morgan fingerprint density at radius 3 is 2.62 bits per heavy atom. The van der Waals surface area contributed by atoms with Gasteiger partial charge in [-0.3, -0.25) is 4.79 Å². The first-order chi connectivity index (χ1) is 11.5. The first-order valence-corrected chi connectivity index (χ1v) is 8.24. The van der Waals surface area contributed by atoms with Crippen molar-refractivity contribution in [2.24, 2.45) is 0 Å². The lowest BCUT2D eigenvalue weighted by atomic mass is 10.0. The third-order valence-electron chi connectivity index (χ3n) is 4.43. The van der Waals surface area contributed by atoms with Gasteiger partial charge in [0.15, 0.2) is 0 Å². The van der Waals surface area contributed by atoms with Gasteiger partial charge in [0.25, 0.3) is 0 Å². The zero-order valence-corrected chi connectivity index (χ0v) is 14.3. The van der Waals surface area contributed by atoms with Gasteiger partial charge < -0.3 is 9.84 Å². The molecule has 1 unspecified atom stereocenters. The maximum absolute atomic E-state index is 12.2. The first kappa shape index (κ1) is 16.2. The van der Waals surface area contributed by atoms with E-state index in [0.29, 0.717) is 12.8 Å². The Morgan fingerprint density at radius 2 is 1.92 bits per heavy atom. The van der Waals surface area contributed by atoms with E-state index in [4.69, 9.17) is 4.52 Å². The van der Waals surface area contributed by atoms with Gasteiger partial charge in [-0.1, -0.05) is 41.6 Å². The number of aryl methyl sites for hydroxylation is 2. The molecule has 0 saturated heterocycles. The number of carbonyl (C=O) groups excluding carboxylic acids is 1. The van der Waals surface area contributed by atoms with Crippen LogP contribution in [-0.2, 0) is 11.2 Å². The Kier molecular flexibility index (Phi) is 4.65. The number of fused-ring (bicyclic) bond motifs is 1. The molecule has 1 aromatic heterocycles. The van der Waals surface area contributed by atoms with Gasteiger partial charge in [-0.15, -0.1) is 0 Å². The number of benzene rings is 2. The minimum atomic E-state index is -0.0215. The van der Waals surface area contributed by atoms with Gasteiger partial charge in [0.2, 0.25) is 5.91 Å². The van der Waals surface area contributed by atoms with Gasteiger partial charge in [-0.25, -0.2) is 0 Å². The van der Waals surface area contributed by atoms with Crippen molar-refractivity contribution in [3.8, 4) is 0 Å². The third kappa shape index (κ3) is 3.48. The Hall–Kier alpha value is -2.62. The fourth-order valence-corrected chi connectivity index (χ4v) is 2.97.